The molecule has 0 saturated carbocycles. The first-order valence-electron chi connectivity index (χ1n) is 6.75. The van der Waals surface area contributed by atoms with Gasteiger partial charge in [-0.2, -0.15) is 0 Å². The Morgan fingerprint density at radius 3 is 2.26 bits per heavy atom. The molecule has 112 valence electrons. The summed E-state index contributed by atoms with van der Waals surface area (Å²) in [5, 5.41) is 22.4. The van der Waals surface area contributed by atoms with Gasteiger partial charge in [0.15, 0.2) is 0 Å². The summed E-state index contributed by atoms with van der Waals surface area (Å²) in [6.07, 6.45) is 2.46. The van der Waals surface area contributed by atoms with Crippen LogP contribution in [-0.4, -0.2) is 33.9 Å². The highest BCUT2D eigenvalue weighted by Gasteiger charge is 2.28. The molecule has 0 aromatic rings. The number of carbonyl (C=O) groups is 1. The third-order valence-electron chi connectivity index (χ3n) is 3.23. The van der Waals surface area contributed by atoms with Crippen LogP contribution < -0.4 is 16.8 Å². The highest BCUT2D eigenvalue weighted by molar-refractivity contribution is 5.81. The zero-order valence-corrected chi connectivity index (χ0v) is 12.0. The number of nitrogens with two attached hydrogens (primary N) is 2. The zero-order chi connectivity index (χ0) is 15.1. The van der Waals surface area contributed by atoms with E-state index in [1.54, 1.807) is 13.8 Å². The van der Waals surface area contributed by atoms with Crippen molar-refractivity contribution in [3.05, 3.63) is 11.8 Å². The quantitative estimate of drug-likeness (QED) is 0.326. The molecule has 6 nitrogen and oxygen atoms in total. The first kappa shape index (κ1) is 17.9. The summed E-state index contributed by atoms with van der Waals surface area (Å²) >= 11 is 0. The lowest BCUT2D eigenvalue weighted by Gasteiger charge is -2.25. The Hall–Kier alpha value is -1.11. The highest BCUT2D eigenvalue weighted by Crippen LogP contribution is 2.22. The molecule has 0 aromatic carbocycles. The van der Waals surface area contributed by atoms with Crippen molar-refractivity contribution < 1.29 is 15.0 Å². The SMILES string of the molecule is CCCC(N)C(=O)NC(N)/C=C(\O)C(O)(CC)CC. The molecule has 0 bridgehead atoms. The number of aliphatic hydroxyl groups is 2. The molecule has 19 heavy (non-hydrogen) atoms. The Kier molecular flexibility index (Phi) is 7.66. The van der Waals surface area contributed by atoms with Crippen LogP contribution in [0.25, 0.3) is 0 Å². The molecule has 0 aromatic heterocycles. The van der Waals surface area contributed by atoms with Gasteiger partial charge in [0.05, 0.1) is 12.2 Å². The normalized spacial score (nSPS) is 16.0. The Balaban J connectivity index is 4.59. The lowest BCUT2D eigenvalue weighted by molar-refractivity contribution is -0.122. The molecule has 0 aliphatic rings. The number of nitrogens with one attached hydrogen (secondary N) is 1. The number of amides is 1. The molecule has 6 heteroatoms. The molecule has 0 fully saturated rings. The molecule has 0 saturated heterocycles. The van der Waals surface area contributed by atoms with Crippen LogP contribution in [0.4, 0.5) is 0 Å². The van der Waals surface area contributed by atoms with Crippen LogP contribution in [0.1, 0.15) is 46.5 Å². The molecule has 2 atom stereocenters. The number of carbonyl (C=O) groups excluding carboxylic acids is 1. The van der Waals surface area contributed by atoms with Gasteiger partial charge >= 0.3 is 0 Å². The molecule has 0 rings (SSSR count). The number of aliphatic hydroxyl groups excluding tert-OH is 1. The van der Waals surface area contributed by atoms with Crippen molar-refractivity contribution >= 4 is 5.91 Å². The van der Waals surface area contributed by atoms with Gasteiger partial charge in [0.25, 0.3) is 0 Å². The second-order valence-electron chi connectivity index (χ2n) is 4.72. The Labute approximate surface area is 114 Å². The monoisotopic (exact) mass is 273 g/mol. The molecule has 0 aliphatic carbocycles. The van der Waals surface area contributed by atoms with Crippen molar-refractivity contribution in [3.8, 4) is 0 Å². The van der Waals surface area contributed by atoms with Gasteiger partial charge in [-0.1, -0.05) is 27.2 Å². The number of rotatable bonds is 8. The minimum Gasteiger partial charge on any atom is -0.509 e. The van der Waals surface area contributed by atoms with Gasteiger partial charge in [-0.3, -0.25) is 4.79 Å². The largest absolute Gasteiger partial charge is 0.509 e. The third kappa shape index (κ3) is 5.59. The summed E-state index contributed by atoms with van der Waals surface area (Å²) in [6.45, 7) is 5.45. The van der Waals surface area contributed by atoms with E-state index in [-0.39, 0.29) is 11.7 Å². The van der Waals surface area contributed by atoms with E-state index in [1.165, 1.54) is 6.08 Å². The van der Waals surface area contributed by atoms with Crippen LogP contribution in [-0.2, 0) is 4.79 Å². The summed E-state index contributed by atoms with van der Waals surface area (Å²) in [4.78, 5) is 11.6. The summed E-state index contributed by atoms with van der Waals surface area (Å²) in [6, 6.07) is -0.608. The van der Waals surface area contributed by atoms with E-state index in [4.69, 9.17) is 11.5 Å². The smallest absolute Gasteiger partial charge is 0.238 e. The van der Waals surface area contributed by atoms with Crippen LogP contribution in [0.15, 0.2) is 11.8 Å². The van der Waals surface area contributed by atoms with Crippen LogP contribution in [0.5, 0.6) is 0 Å². The Morgan fingerprint density at radius 1 is 1.32 bits per heavy atom. The number of hydrogen-bond acceptors (Lipinski definition) is 5. The van der Waals surface area contributed by atoms with Gasteiger partial charge in [0, 0.05) is 0 Å². The van der Waals surface area contributed by atoms with Gasteiger partial charge in [0.2, 0.25) is 5.91 Å². The van der Waals surface area contributed by atoms with Crippen molar-refractivity contribution in [3.63, 3.8) is 0 Å². The lowest BCUT2D eigenvalue weighted by Crippen LogP contribution is -2.48. The van der Waals surface area contributed by atoms with Crippen molar-refractivity contribution in [2.24, 2.45) is 11.5 Å². The molecule has 2 unspecified atom stereocenters. The highest BCUT2D eigenvalue weighted by atomic mass is 16.3. The zero-order valence-electron chi connectivity index (χ0n) is 12.0. The topological polar surface area (TPSA) is 122 Å². The first-order chi connectivity index (χ1) is 8.80. The van der Waals surface area contributed by atoms with Gasteiger partial charge in [0.1, 0.15) is 11.4 Å². The van der Waals surface area contributed by atoms with Crippen molar-refractivity contribution in [2.45, 2.75) is 64.3 Å². The van der Waals surface area contributed by atoms with Gasteiger partial charge in [-0.15, -0.1) is 0 Å². The van der Waals surface area contributed by atoms with E-state index in [9.17, 15) is 15.0 Å². The predicted octanol–water partition coefficient (Wildman–Crippen LogP) is 0.508. The summed E-state index contributed by atoms with van der Waals surface area (Å²) in [5.41, 5.74) is 10.0. The van der Waals surface area contributed by atoms with E-state index in [1.807, 2.05) is 6.92 Å². The lowest BCUT2D eigenvalue weighted by atomic mass is 9.94. The molecule has 1 amide bonds. The maximum absolute atomic E-state index is 11.6. The average molecular weight is 273 g/mol. The Bertz CT molecular complexity index is 314. The van der Waals surface area contributed by atoms with E-state index in [0.717, 1.165) is 6.42 Å². The molecule has 7 N–H and O–H groups in total. The second-order valence-corrected chi connectivity index (χ2v) is 4.72. The van der Waals surface area contributed by atoms with Crippen LogP contribution in [0.2, 0.25) is 0 Å². The standard InChI is InChI=1S/C13H27N3O3/c1-4-7-9(14)12(18)16-11(15)8-10(17)13(19,5-2)6-3/h8-9,11,17,19H,4-7,14-15H2,1-3H3,(H,16,18)/b10-8-. The fourth-order valence-corrected chi connectivity index (χ4v) is 1.69. The molecule has 0 radical (unpaired) electrons. The summed E-state index contributed by atoms with van der Waals surface area (Å²) in [7, 11) is 0. The molecule has 0 aliphatic heterocycles. The predicted molar refractivity (Wildman–Crippen MR) is 75.2 cm³/mol. The van der Waals surface area contributed by atoms with E-state index in [2.05, 4.69) is 5.32 Å². The maximum atomic E-state index is 11.6. The molecular formula is C13H27N3O3. The minimum atomic E-state index is -1.30. The minimum absolute atomic E-state index is 0.227. The van der Waals surface area contributed by atoms with Gasteiger partial charge < -0.3 is 27.0 Å². The summed E-state index contributed by atoms with van der Waals surface area (Å²) in [5.74, 6) is -0.593. The van der Waals surface area contributed by atoms with Gasteiger partial charge in [-0.05, 0) is 25.3 Å². The van der Waals surface area contributed by atoms with Crippen molar-refractivity contribution in [2.75, 3.05) is 0 Å². The fraction of sp³-hybridized carbons (Fsp3) is 0.769. The first-order valence-corrected chi connectivity index (χ1v) is 6.75. The average Bonchev–Trinajstić information content (AvgIpc) is 2.37. The fourth-order valence-electron chi connectivity index (χ4n) is 1.69. The maximum Gasteiger partial charge on any atom is 0.238 e. The van der Waals surface area contributed by atoms with Crippen LogP contribution in [0, 0.1) is 0 Å². The van der Waals surface area contributed by atoms with E-state index in [0.29, 0.717) is 19.3 Å². The van der Waals surface area contributed by atoms with Gasteiger partial charge in [-0.25, -0.2) is 0 Å². The third-order valence-corrected chi connectivity index (χ3v) is 3.23. The van der Waals surface area contributed by atoms with Crippen molar-refractivity contribution in [1.29, 1.82) is 0 Å². The molecule has 0 heterocycles. The summed E-state index contributed by atoms with van der Waals surface area (Å²) < 4.78 is 0. The molecule has 0 spiro atoms. The van der Waals surface area contributed by atoms with Crippen LogP contribution >= 0.6 is 0 Å². The molecular weight excluding hydrogens is 246 g/mol. The van der Waals surface area contributed by atoms with Crippen molar-refractivity contribution in [1.82, 2.24) is 5.32 Å². The Morgan fingerprint density at radius 2 is 1.84 bits per heavy atom. The van der Waals surface area contributed by atoms with E-state index >= 15 is 0 Å². The second kappa shape index (κ2) is 8.14. The van der Waals surface area contributed by atoms with E-state index < -0.39 is 17.8 Å². The number of hydrogen-bond donors (Lipinski definition) is 5. The van der Waals surface area contributed by atoms with Crippen LogP contribution in [0.3, 0.4) is 0 Å².